The molecule has 0 spiro atoms. The van der Waals surface area contributed by atoms with Crippen molar-refractivity contribution in [3.8, 4) is 5.75 Å². The van der Waals surface area contributed by atoms with Crippen LogP contribution >= 0.6 is 12.4 Å². The number of carbonyl (C=O) groups excluding carboxylic acids is 1. The Kier molecular flexibility index (Phi) is 8.19. The highest BCUT2D eigenvalue weighted by Gasteiger charge is 2.07. The maximum atomic E-state index is 11.6. The molecule has 0 fully saturated rings. The van der Waals surface area contributed by atoms with E-state index >= 15 is 0 Å². The molecule has 1 rings (SSSR count). The Morgan fingerprint density at radius 3 is 2.42 bits per heavy atom. The summed E-state index contributed by atoms with van der Waals surface area (Å²) in [6.07, 6.45) is 0. The third-order valence-electron chi connectivity index (χ3n) is 2.85. The van der Waals surface area contributed by atoms with E-state index in [-0.39, 0.29) is 31.0 Å². The molecular formula is C14H23ClN2O2. The van der Waals surface area contributed by atoms with Gasteiger partial charge in [0.2, 0.25) is 0 Å². The minimum Gasteiger partial charge on any atom is -0.483 e. The topological polar surface area (TPSA) is 50.4 Å². The molecule has 19 heavy (non-hydrogen) atoms. The second kappa shape index (κ2) is 8.77. The van der Waals surface area contributed by atoms with Gasteiger partial charge in [-0.15, -0.1) is 12.4 Å². The van der Waals surface area contributed by atoms with Crippen molar-refractivity contribution >= 4 is 18.3 Å². The Balaban J connectivity index is 0.00000324. The molecule has 1 aromatic rings. The first kappa shape index (κ1) is 17.7. The zero-order valence-corrected chi connectivity index (χ0v) is 12.8. The van der Waals surface area contributed by atoms with Crippen LogP contribution in [0.2, 0.25) is 0 Å². The number of amides is 1. The lowest BCUT2D eigenvalue weighted by atomic mass is 10.1. The quantitative estimate of drug-likeness (QED) is 0.839. The number of halogens is 1. The van der Waals surface area contributed by atoms with E-state index < -0.39 is 0 Å². The Hall–Kier alpha value is -1.26. The standard InChI is InChI=1S/C14H22N2O2.ClH/c1-10-6-5-7-11(2)14(10)18-9-13(17)16-8-12(3)15-4;/h5-7,12,15H,8-9H2,1-4H3,(H,16,17);1H. The van der Waals surface area contributed by atoms with Gasteiger partial charge in [0.1, 0.15) is 5.75 Å². The number of carbonyl (C=O) groups is 1. The average Bonchev–Trinajstić information content (AvgIpc) is 2.35. The Labute approximate surface area is 121 Å². The molecule has 0 aliphatic rings. The summed E-state index contributed by atoms with van der Waals surface area (Å²) < 4.78 is 5.56. The third-order valence-corrected chi connectivity index (χ3v) is 2.85. The maximum absolute atomic E-state index is 11.6. The van der Waals surface area contributed by atoms with Gasteiger partial charge >= 0.3 is 0 Å². The second-order valence-corrected chi connectivity index (χ2v) is 4.50. The number of benzene rings is 1. The molecule has 0 bridgehead atoms. The van der Waals surface area contributed by atoms with Crippen molar-refractivity contribution in [2.45, 2.75) is 26.8 Å². The molecule has 0 saturated carbocycles. The molecule has 0 radical (unpaired) electrons. The predicted octanol–water partition coefficient (Wildman–Crippen LogP) is 1.83. The van der Waals surface area contributed by atoms with Crippen LogP contribution in [-0.2, 0) is 4.79 Å². The van der Waals surface area contributed by atoms with Gasteiger partial charge in [0, 0.05) is 12.6 Å². The highest BCUT2D eigenvalue weighted by Crippen LogP contribution is 2.21. The van der Waals surface area contributed by atoms with Crippen molar-refractivity contribution in [2.24, 2.45) is 0 Å². The van der Waals surface area contributed by atoms with E-state index in [0.29, 0.717) is 6.54 Å². The minimum atomic E-state index is -0.0975. The number of hydrogen-bond acceptors (Lipinski definition) is 3. The molecule has 1 atom stereocenters. The van der Waals surface area contributed by atoms with Crippen molar-refractivity contribution in [1.82, 2.24) is 10.6 Å². The van der Waals surface area contributed by atoms with E-state index in [0.717, 1.165) is 16.9 Å². The smallest absolute Gasteiger partial charge is 0.257 e. The van der Waals surface area contributed by atoms with Gasteiger partial charge in [0.25, 0.3) is 5.91 Å². The van der Waals surface area contributed by atoms with Crippen molar-refractivity contribution in [3.63, 3.8) is 0 Å². The fraction of sp³-hybridized carbons (Fsp3) is 0.500. The summed E-state index contributed by atoms with van der Waals surface area (Å²) in [6, 6.07) is 6.19. The number of aryl methyl sites for hydroxylation is 2. The van der Waals surface area contributed by atoms with Gasteiger partial charge in [-0.05, 0) is 38.9 Å². The molecule has 5 heteroatoms. The van der Waals surface area contributed by atoms with Gasteiger partial charge in [0.05, 0.1) is 0 Å². The SMILES string of the molecule is CNC(C)CNC(=O)COc1c(C)cccc1C.Cl. The molecule has 2 N–H and O–H groups in total. The first-order valence-electron chi connectivity index (χ1n) is 6.17. The maximum Gasteiger partial charge on any atom is 0.257 e. The summed E-state index contributed by atoms with van der Waals surface area (Å²) in [5.41, 5.74) is 2.10. The number of rotatable bonds is 6. The third kappa shape index (κ3) is 5.94. The van der Waals surface area contributed by atoms with Crippen molar-refractivity contribution < 1.29 is 9.53 Å². The predicted molar refractivity (Wildman–Crippen MR) is 80.2 cm³/mol. The summed E-state index contributed by atoms with van der Waals surface area (Å²) in [6.45, 7) is 6.62. The zero-order valence-electron chi connectivity index (χ0n) is 11.9. The first-order chi connectivity index (χ1) is 8.54. The molecule has 0 aromatic heterocycles. The summed E-state index contributed by atoms with van der Waals surface area (Å²) in [5.74, 6) is 0.703. The Morgan fingerprint density at radius 2 is 1.89 bits per heavy atom. The second-order valence-electron chi connectivity index (χ2n) is 4.50. The van der Waals surface area contributed by atoms with E-state index in [1.165, 1.54) is 0 Å². The van der Waals surface area contributed by atoms with Crippen LogP contribution in [0.1, 0.15) is 18.1 Å². The molecule has 108 valence electrons. The van der Waals surface area contributed by atoms with Crippen LogP contribution in [0.4, 0.5) is 0 Å². The molecule has 4 nitrogen and oxygen atoms in total. The Morgan fingerprint density at radius 1 is 1.32 bits per heavy atom. The molecule has 1 unspecified atom stereocenters. The first-order valence-corrected chi connectivity index (χ1v) is 6.17. The zero-order chi connectivity index (χ0) is 13.5. The number of hydrogen-bond donors (Lipinski definition) is 2. The van der Waals surface area contributed by atoms with E-state index in [1.54, 1.807) is 0 Å². The molecule has 0 saturated heterocycles. The van der Waals surface area contributed by atoms with Gasteiger partial charge < -0.3 is 15.4 Å². The van der Waals surface area contributed by atoms with E-state index in [1.807, 2.05) is 46.0 Å². The molecule has 1 aromatic carbocycles. The molecule has 0 aliphatic heterocycles. The lowest BCUT2D eigenvalue weighted by Gasteiger charge is -2.14. The fourth-order valence-corrected chi connectivity index (χ4v) is 1.58. The number of nitrogens with one attached hydrogen (secondary N) is 2. The lowest BCUT2D eigenvalue weighted by Crippen LogP contribution is -2.39. The van der Waals surface area contributed by atoms with Gasteiger partial charge in [-0.1, -0.05) is 18.2 Å². The van der Waals surface area contributed by atoms with Crippen LogP contribution < -0.4 is 15.4 Å². The van der Waals surface area contributed by atoms with Crippen LogP contribution in [0, 0.1) is 13.8 Å². The summed E-state index contributed by atoms with van der Waals surface area (Å²) in [7, 11) is 1.87. The number of likely N-dealkylation sites (N-methyl/N-ethyl adjacent to an activating group) is 1. The van der Waals surface area contributed by atoms with Crippen molar-refractivity contribution in [2.75, 3.05) is 20.2 Å². The highest BCUT2D eigenvalue weighted by molar-refractivity contribution is 5.85. The van der Waals surface area contributed by atoms with Crippen molar-refractivity contribution in [1.29, 1.82) is 0 Å². The largest absolute Gasteiger partial charge is 0.483 e. The molecule has 0 heterocycles. The van der Waals surface area contributed by atoms with Crippen LogP contribution in [-0.4, -0.2) is 32.1 Å². The van der Waals surface area contributed by atoms with Gasteiger partial charge in [-0.25, -0.2) is 0 Å². The number of para-hydroxylation sites is 1. The molecular weight excluding hydrogens is 264 g/mol. The minimum absolute atomic E-state index is 0. The van der Waals surface area contributed by atoms with Crippen LogP contribution in [0.15, 0.2) is 18.2 Å². The normalized spacial score (nSPS) is 11.4. The van der Waals surface area contributed by atoms with Crippen LogP contribution in [0.25, 0.3) is 0 Å². The highest BCUT2D eigenvalue weighted by atomic mass is 35.5. The fourth-order valence-electron chi connectivity index (χ4n) is 1.58. The molecule has 1 amide bonds. The van der Waals surface area contributed by atoms with Gasteiger partial charge in [-0.2, -0.15) is 0 Å². The van der Waals surface area contributed by atoms with Crippen LogP contribution in [0.5, 0.6) is 5.75 Å². The average molecular weight is 287 g/mol. The van der Waals surface area contributed by atoms with Gasteiger partial charge in [0.15, 0.2) is 6.61 Å². The molecule has 0 aliphatic carbocycles. The lowest BCUT2D eigenvalue weighted by molar-refractivity contribution is -0.123. The van der Waals surface area contributed by atoms with E-state index in [4.69, 9.17) is 4.74 Å². The van der Waals surface area contributed by atoms with Gasteiger partial charge in [-0.3, -0.25) is 4.79 Å². The summed E-state index contributed by atoms with van der Waals surface area (Å²) >= 11 is 0. The summed E-state index contributed by atoms with van der Waals surface area (Å²) in [4.78, 5) is 11.6. The van der Waals surface area contributed by atoms with E-state index in [2.05, 4.69) is 10.6 Å². The van der Waals surface area contributed by atoms with E-state index in [9.17, 15) is 4.79 Å². The van der Waals surface area contributed by atoms with Crippen molar-refractivity contribution in [3.05, 3.63) is 29.3 Å². The summed E-state index contributed by atoms with van der Waals surface area (Å²) in [5, 5.41) is 5.87. The monoisotopic (exact) mass is 286 g/mol. The van der Waals surface area contributed by atoms with Crippen LogP contribution in [0.3, 0.4) is 0 Å². The number of ether oxygens (including phenoxy) is 1. The Bertz CT molecular complexity index is 390.